The van der Waals surface area contributed by atoms with E-state index in [1.807, 2.05) is 11.0 Å². The first-order chi connectivity index (χ1) is 12.8. The van der Waals surface area contributed by atoms with Crippen LogP contribution in [-0.2, 0) is 19.6 Å². The van der Waals surface area contributed by atoms with Crippen molar-refractivity contribution in [1.82, 2.24) is 10.2 Å². The number of nitrogens with one attached hydrogen (secondary N) is 2. The Morgan fingerprint density at radius 1 is 1.22 bits per heavy atom. The van der Waals surface area contributed by atoms with E-state index in [1.165, 1.54) is 24.3 Å². The Labute approximate surface area is 158 Å². The van der Waals surface area contributed by atoms with Crippen molar-refractivity contribution < 1.29 is 18.0 Å². The highest BCUT2D eigenvalue weighted by Gasteiger charge is 2.26. The van der Waals surface area contributed by atoms with Crippen LogP contribution in [0.25, 0.3) is 0 Å². The number of hydrogen-bond acceptors (Lipinski definition) is 6. The number of primary sulfonamides is 1. The molecule has 0 aliphatic carbocycles. The van der Waals surface area contributed by atoms with Gasteiger partial charge in [0.25, 0.3) is 0 Å². The number of anilines is 1. The quantitative estimate of drug-likeness (QED) is 0.557. The Hall–Kier alpha value is -2.48. The molecule has 0 radical (unpaired) electrons. The Morgan fingerprint density at radius 2 is 1.85 bits per heavy atom. The molecule has 0 saturated carbocycles. The van der Waals surface area contributed by atoms with Gasteiger partial charge in [-0.1, -0.05) is 0 Å². The maximum absolute atomic E-state index is 12.4. The molecule has 0 bridgehead atoms. The molecule has 0 unspecified atom stereocenters. The Morgan fingerprint density at radius 3 is 2.41 bits per heavy atom. The molecule has 1 aromatic rings. The molecule has 0 atom stereocenters. The minimum absolute atomic E-state index is 0.0122. The topological polar surface area (TPSA) is 145 Å². The zero-order valence-corrected chi connectivity index (χ0v) is 15.7. The van der Waals surface area contributed by atoms with Gasteiger partial charge in [-0.05, 0) is 50.2 Å². The summed E-state index contributed by atoms with van der Waals surface area (Å²) in [5.41, 5.74) is 0.506. The molecule has 9 nitrogen and oxygen atoms in total. The summed E-state index contributed by atoms with van der Waals surface area (Å²) in [5, 5.41) is 19.0. The monoisotopic (exact) mass is 393 g/mol. The lowest BCUT2D eigenvalue weighted by Crippen LogP contribution is -2.43. The summed E-state index contributed by atoms with van der Waals surface area (Å²) in [6.07, 6.45) is 1.55. The van der Waals surface area contributed by atoms with Crippen molar-refractivity contribution in [3.05, 3.63) is 24.3 Å². The molecular weight excluding hydrogens is 370 g/mol. The molecule has 1 aliphatic rings. The number of likely N-dealkylation sites (tertiary alicyclic amines) is 1. The third kappa shape index (κ3) is 6.63. The van der Waals surface area contributed by atoms with Gasteiger partial charge in [-0.2, -0.15) is 5.26 Å². The minimum Gasteiger partial charge on any atom is -0.354 e. The zero-order valence-electron chi connectivity index (χ0n) is 14.8. The molecular formula is C17H23N5O4S. The molecule has 1 aromatic carbocycles. The van der Waals surface area contributed by atoms with Crippen molar-refractivity contribution in [3.8, 4) is 6.07 Å². The van der Waals surface area contributed by atoms with Gasteiger partial charge < -0.3 is 10.6 Å². The van der Waals surface area contributed by atoms with Gasteiger partial charge in [-0.15, -0.1) is 0 Å². The van der Waals surface area contributed by atoms with Crippen molar-refractivity contribution in [1.29, 1.82) is 5.26 Å². The average Bonchev–Trinajstić information content (AvgIpc) is 2.62. The molecule has 1 fully saturated rings. The Bertz CT molecular complexity index is 809. The number of amides is 2. The van der Waals surface area contributed by atoms with Gasteiger partial charge in [0, 0.05) is 18.2 Å². The molecule has 1 saturated heterocycles. The van der Waals surface area contributed by atoms with Crippen molar-refractivity contribution in [2.45, 2.75) is 24.2 Å². The maximum Gasteiger partial charge on any atom is 0.238 e. The summed E-state index contributed by atoms with van der Waals surface area (Å²) in [4.78, 5) is 26.1. The number of rotatable bonds is 7. The number of nitrogens with zero attached hydrogens (tertiary/aromatic N) is 2. The SMILES string of the molecule is N#CCCNC(=O)CN1CCC(C(=O)Nc2ccc(S(N)(=O)=O)cc2)CC1. The van der Waals surface area contributed by atoms with E-state index in [2.05, 4.69) is 10.6 Å². The number of carbonyl (C=O) groups excluding carboxylic acids is 2. The summed E-state index contributed by atoms with van der Waals surface area (Å²) in [7, 11) is -3.76. The largest absolute Gasteiger partial charge is 0.354 e. The fraction of sp³-hybridized carbons (Fsp3) is 0.471. The number of benzene rings is 1. The van der Waals surface area contributed by atoms with Gasteiger partial charge in [-0.25, -0.2) is 13.6 Å². The van der Waals surface area contributed by atoms with Gasteiger partial charge in [0.15, 0.2) is 0 Å². The van der Waals surface area contributed by atoms with Crippen LogP contribution in [0.2, 0.25) is 0 Å². The summed E-state index contributed by atoms with van der Waals surface area (Å²) < 4.78 is 22.5. The van der Waals surface area contributed by atoms with E-state index in [9.17, 15) is 18.0 Å². The maximum atomic E-state index is 12.4. The van der Waals surface area contributed by atoms with Crippen LogP contribution in [0.5, 0.6) is 0 Å². The van der Waals surface area contributed by atoms with E-state index in [1.54, 1.807) is 0 Å². The second-order valence-corrected chi connectivity index (χ2v) is 7.93. The predicted molar refractivity (Wildman–Crippen MR) is 98.8 cm³/mol. The number of sulfonamides is 1. The molecule has 1 heterocycles. The van der Waals surface area contributed by atoms with E-state index in [-0.39, 0.29) is 35.6 Å². The molecule has 2 amide bonds. The van der Waals surface area contributed by atoms with E-state index < -0.39 is 10.0 Å². The fourth-order valence-corrected chi connectivity index (χ4v) is 3.36. The molecule has 0 aromatic heterocycles. The third-order valence-electron chi connectivity index (χ3n) is 4.33. The van der Waals surface area contributed by atoms with Crippen molar-refractivity contribution in [3.63, 3.8) is 0 Å². The molecule has 4 N–H and O–H groups in total. The molecule has 10 heteroatoms. The van der Waals surface area contributed by atoms with E-state index >= 15 is 0 Å². The van der Waals surface area contributed by atoms with E-state index in [0.29, 0.717) is 38.2 Å². The molecule has 0 spiro atoms. The highest BCUT2D eigenvalue weighted by molar-refractivity contribution is 7.89. The van der Waals surface area contributed by atoms with E-state index in [0.717, 1.165) is 0 Å². The van der Waals surface area contributed by atoms with Crippen LogP contribution in [0.3, 0.4) is 0 Å². The first-order valence-electron chi connectivity index (χ1n) is 8.59. The van der Waals surface area contributed by atoms with Crippen molar-refractivity contribution in [2.24, 2.45) is 11.1 Å². The van der Waals surface area contributed by atoms with Gasteiger partial charge in [0.1, 0.15) is 0 Å². The number of carbonyl (C=O) groups is 2. The van der Waals surface area contributed by atoms with Gasteiger partial charge >= 0.3 is 0 Å². The minimum atomic E-state index is -3.76. The summed E-state index contributed by atoms with van der Waals surface area (Å²) in [6.45, 7) is 1.87. The van der Waals surface area contributed by atoms with Crippen LogP contribution >= 0.6 is 0 Å². The van der Waals surface area contributed by atoms with Crippen molar-refractivity contribution >= 4 is 27.5 Å². The second-order valence-electron chi connectivity index (χ2n) is 6.37. The molecule has 2 rings (SSSR count). The van der Waals surface area contributed by atoms with Crippen LogP contribution < -0.4 is 15.8 Å². The van der Waals surface area contributed by atoms with Gasteiger partial charge in [0.05, 0.1) is 23.9 Å². The van der Waals surface area contributed by atoms with Crippen LogP contribution in [0.4, 0.5) is 5.69 Å². The normalized spacial score (nSPS) is 15.7. The highest BCUT2D eigenvalue weighted by Crippen LogP contribution is 2.20. The number of hydrogen-bond donors (Lipinski definition) is 3. The van der Waals surface area contributed by atoms with Crippen LogP contribution in [-0.4, -0.2) is 51.3 Å². The lowest BCUT2D eigenvalue weighted by molar-refractivity contribution is -0.123. The summed E-state index contributed by atoms with van der Waals surface area (Å²) in [6, 6.07) is 7.65. The summed E-state index contributed by atoms with van der Waals surface area (Å²) in [5.74, 6) is -0.416. The molecule has 146 valence electrons. The first kappa shape index (κ1) is 20.8. The van der Waals surface area contributed by atoms with Gasteiger partial charge in [-0.3, -0.25) is 14.5 Å². The number of nitriles is 1. The second kappa shape index (κ2) is 9.45. The van der Waals surface area contributed by atoms with Crippen molar-refractivity contribution in [2.75, 3.05) is 31.5 Å². The Kier molecular flexibility index (Phi) is 7.29. The summed E-state index contributed by atoms with van der Waals surface area (Å²) >= 11 is 0. The number of piperidine rings is 1. The fourth-order valence-electron chi connectivity index (χ4n) is 2.84. The highest BCUT2D eigenvalue weighted by atomic mass is 32.2. The zero-order chi connectivity index (χ0) is 19.9. The van der Waals surface area contributed by atoms with Crippen LogP contribution in [0.15, 0.2) is 29.2 Å². The third-order valence-corrected chi connectivity index (χ3v) is 5.26. The van der Waals surface area contributed by atoms with Gasteiger partial charge in [0.2, 0.25) is 21.8 Å². The average molecular weight is 393 g/mol. The molecule has 27 heavy (non-hydrogen) atoms. The number of nitrogens with two attached hydrogens (primary N) is 1. The van der Waals surface area contributed by atoms with Crippen LogP contribution in [0, 0.1) is 17.2 Å². The Balaban J connectivity index is 1.78. The predicted octanol–water partition coefficient (Wildman–Crippen LogP) is 0.0144. The van der Waals surface area contributed by atoms with Crippen LogP contribution in [0.1, 0.15) is 19.3 Å². The smallest absolute Gasteiger partial charge is 0.238 e. The lowest BCUT2D eigenvalue weighted by atomic mass is 9.96. The first-order valence-corrected chi connectivity index (χ1v) is 10.1. The standard InChI is InChI=1S/C17H23N5O4S/c18-8-1-9-20-16(23)12-22-10-6-13(7-11-22)17(24)21-14-2-4-15(5-3-14)27(19,25)26/h2-5,13H,1,6-7,9-12H2,(H,20,23)(H,21,24)(H2,19,25,26). The lowest BCUT2D eigenvalue weighted by Gasteiger charge is -2.30. The molecule has 1 aliphatic heterocycles. The van der Waals surface area contributed by atoms with E-state index in [4.69, 9.17) is 10.4 Å².